The molecule has 114 valence electrons. The lowest BCUT2D eigenvalue weighted by Gasteiger charge is -2.41. The molecule has 0 unspecified atom stereocenters. The van der Waals surface area contributed by atoms with Gasteiger partial charge < -0.3 is 15.4 Å². The molecule has 2 N–H and O–H groups in total. The number of benzene rings is 1. The topological polar surface area (TPSA) is 55.6 Å². The van der Waals surface area contributed by atoms with Crippen molar-refractivity contribution in [3.05, 3.63) is 29.8 Å². The molecule has 1 aromatic rings. The van der Waals surface area contributed by atoms with E-state index in [1.165, 1.54) is 0 Å². The molecule has 0 aliphatic heterocycles. The fraction of sp³-hybridized carbons (Fsp3) is 0.588. The second-order valence-corrected chi connectivity index (χ2v) is 6.28. The van der Waals surface area contributed by atoms with Gasteiger partial charge >= 0.3 is 0 Å². The van der Waals surface area contributed by atoms with Crippen molar-refractivity contribution in [1.82, 2.24) is 0 Å². The van der Waals surface area contributed by atoms with Crippen molar-refractivity contribution in [2.45, 2.75) is 56.7 Å². The maximum absolute atomic E-state index is 12.8. The van der Waals surface area contributed by atoms with Crippen molar-refractivity contribution < 1.29 is 9.53 Å². The first-order chi connectivity index (χ1) is 10.2. The Morgan fingerprint density at radius 3 is 2.43 bits per heavy atom. The average Bonchev–Trinajstić information content (AvgIpc) is 3.28. The summed E-state index contributed by atoms with van der Waals surface area (Å²) in [7, 11) is 1.73. The van der Waals surface area contributed by atoms with Gasteiger partial charge in [-0.3, -0.25) is 4.79 Å². The van der Waals surface area contributed by atoms with Crippen LogP contribution in [0, 0.1) is 0 Å². The van der Waals surface area contributed by atoms with E-state index in [0.717, 1.165) is 43.4 Å². The molecule has 0 radical (unpaired) electrons. The van der Waals surface area contributed by atoms with Crippen LogP contribution < -0.4 is 10.6 Å². The maximum Gasteiger partial charge on any atom is 0.230 e. The predicted molar refractivity (Wildman–Crippen MR) is 83.0 cm³/mol. The Morgan fingerprint density at radius 2 is 2.00 bits per heavy atom. The Bertz CT molecular complexity index is 499. The van der Waals surface area contributed by atoms with Crippen molar-refractivity contribution in [2.24, 2.45) is 5.73 Å². The fourth-order valence-electron chi connectivity index (χ4n) is 3.07. The lowest BCUT2D eigenvalue weighted by atomic mass is 9.77. The highest BCUT2D eigenvalue weighted by molar-refractivity contribution is 5.95. The molecule has 4 heteroatoms. The molecule has 1 aromatic carbocycles. The van der Waals surface area contributed by atoms with Crippen LogP contribution in [0.1, 0.15) is 44.1 Å². The van der Waals surface area contributed by atoms with Gasteiger partial charge in [-0.15, -0.1) is 0 Å². The molecule has 2 aliphatic rings. The number of hydrogen-bond donors (Lipinski definition) is 1. The Balaban J connectivity index is 1.75. The lowest BCUT2D eigenvalue weighted by Crippen LogP contribution is -2.45. The van der Waals surface area contributed by atoms with Crippen molar-refractivity contribution in [1.29, 1.82) is 0 Å². The highest BCUT2D eigenvalue weighted by Crippen LogP contribution is 2.40. The van der Waals surface area contributed by atoms with Gasteiger partial charge in [0, 0.05) is 25.4 Å². The molecule has 0 aromatic heterocycles. The normalized spacial score (nSPS) is 19.9. The van der Waals surface area contributed by atoms with Crippen LogP contribution in [0.25, 0.3) is 0 Å². The maximum atomic E-state index is 12.8. The number of carbonyl (C=O) groups is 1. The van der Waals surface area contributed by atoms with E-state index in [1.807, 2.05) is 29.2 Å². The van der Waals surface area contributed by atoms with E-state index in [1.54, 1.807) is 7.11 Å². The highest BCUT2D eigenvalue weighted by Gasteiger charge is 2.42. The van der Waals surface area contributed by atoms with Crippen molar-refractivity contribution in [2.75, 3.05) is 12.0 Å². The Labute approximate surface area is 126 Å². The summed E-state index contributed by atoms with van der Waals surface area (Å²) in [5.74, 6) is 0.194. The third kappa shape index (κ3) is 2.97. The van der Waals surface area contributed by atoms with E-state index in [2.05, 4.69) is 0 Å². The molecule has 21 heavy (non-hydrogen) atoms. The van der Waals surface area contributed by atoms with E-state index in [4.69, 9.17) is 10.5 Å². The molecule has 2 saturated carbocycles. The first-order valence-corrected chi connectivity index (χ1v) is 7.84. The minimum atomic E-state index is -0.207. The van der Waals surface area contributed by atoms with Gasteiger partial charge in [-0.05, 0) is 49.8 Å². The second kappa shape index (κ2) is 5.78. The molecular weight excluding hydrogens is 264 g/mol. The second-order valence-electron chi connectivity index (χ2n) is 6.28. The van der Waals surface area contributed by atoms with E-state index >= 15 is 0 Å². The zero-order valence-electron chi connectivity index (χ0n) is 12.7. The predicted octanol–water partition coefficient (Wildman–Crippen LogP) is 2.60. The van der Waals surface area contributed by atoms with Crippen LogP contribution in [0.2, 0.25) is 0 Å². The molecule has 3 rings (SSSR count). The van der Waals surface area contributed by atoms with Gasteiger partial charge in [0.15, 0.2) is 0 Å². The highest BCUT2D eigenvalue weighted by atomic mass is 16.5. The monoisotopic (exact) mass is 288 g/mol. The van der Waals surface area contributed by atoms with Gasteiger partial charge in [0.2, 0.25) is 5.91 Å². The smallest absolute Gasteiger partial charge is 0.230 e. The molecule has 0 heterocycles. The number of carbonyl (C=O) groups excluding carboxylic acids is 1. The average molecular weight is 288 g/mol. The fourth-order valence-corrected chi connectivity index (χ4v) is 3.07. The molecular formula is C17H24N2O2. The minimum Gasteiger partial charge on any atom is -0.378 e. The van der Waals surface area contributed by atoms with Crippen LogP contribution >= 0.6 is 0 Å². The van der Waals surface area contributed by atoms with E-state index in [-0.39, 0.29) is 11.5 Å². The minimum absolute atomic E-state index is 0.194. The van der Waals surface area contributed by atoms with Crippen LogP contribution in [0.4, 0.5) is 5.69 Å². The van der Waals surface area contributed by atoms with Gasteiger partial charge in [0.1, 0.15) is 0 Å². The van der Waals surface area contributed by atoms with Crippen LogP contribution in [0.3, 0.4) is 0 Å². The third-order valence-electron chi connectivity index (χ3n) is 4.80. The zero-order valence-corrected chi connectivity index (χ0v) is 12.7. The number of methoxy groups -OCH3 is 1. The Morgan fingerprint density at radius 1 is 1.33 bits per heavy atom. The van der Waals surface area contributed by atoms with Gasteiger partial charge in [-0.1, -0.05) is 12.1 Å². The number of nitrogens with two attached hydrogens (primary N) is 1. The summed E-state index contributed by atoms with van der Waals surface area (Å²) in [6.07, 6.45) is 5.86. The van der Waals surface area contributed by atoms with Gasteiger partial charge in [-0.2, -0.15) is 0 Å². The standard InChI is InChI=1S/C17H24N2O2/c1-21-17(9-2-10-17)11-16(20)19(15-7-8-15)14-5-3-13(12-18)4-6-14/h3-6,15H,2,7-12,18H2,1H3. The van der Waals surface area contributed by atoms with Gasteiger partial charge in [0.05, 0.1) is 12.0 Å². The summed E-state index contributed by atoms with van der Waals surface area (Å²) in [6, 6.07) is 8.41. The van der Waals surface area contributed by atoms with E-state index in [0.29, 0.717) is 19.0 Å². The van der Waals surface area contributed by atoms with Crippen LogP contribution in [-0.4, -0.2) is 24.7 Å². The number of hydrogen-bond acceptors (Lipinski definition) is 3. The third-order valence-corrected chi connectivity index (χ3v) is 4.80. The number of nitrogens with zero attached hydrogens (tertiary/aromatic N) is 1. The number of rotatable bonds is 6. The number of amides is 1. The zero-order chi connectivity index (χ0) is 14.9. The molecule has 0 spiro atoms. The SMILES string of the molecule is COC1(CC(=O)N(c2ccc(CN)cc2)C2CC2)CCC1. The van der Waals surface area contributed by atoms with Crippen LogP contribution in [-0.2, 0) is 16.1 Å². The van der Waals surface area contributed by atoms with Crippen molar-refractivity contribution in [3.63, 3.8) is 0 Å². The number of anilines is 1. The van der Waals surface area contributed by atoms with Crippen LogP contribution in [0.5, 0.6) is 0 Å². The van der Waals surface area contributed by atoms with E-state index < -0.39 is 0 Å². The Kier molecular flexibility index (Phi) is 4.00. The molecule has 0 atom stereocenters. The first kappa shape index (κ1) is 14.5. The van der Waals surface area contributed by atoms with Gasteiger partial charge in [0.25, 0.3) is 0 Å². The molecule has 2 aliphatic carbocycles. The summed E-state index contributed by atoms with van der Waals surface area (Å²) in [4.78, 5) is 14.7. The van der Waals surface area contributed by atoms with Crippen molar-refractivity contribution in [3.8, 4) is 0 Å². The summed E-state index contributed by atoms with van der Waals surface area (Å²) in [5, 5.41) is 0. The molecule has 0 saturated heterocycles. The molecule has 1 amide bonds. The summed E-state index contributed by atoms with van der Waals surface area (Å²) >= 11 is 0. The quantitative estimate of drug-likeness (QED) is 0.875. The summed E-state index contributed by atoms with van der Waals surface area (Å²) in [5.41, 5.74) is 7.51. The molecule has 0 bridgehead atoms. The van der Waals surface area contributed by atoms with Crippen molar-refractivity contribution >= 4 is 11.6 Å². The molecule has 4 nitrogen and oxygen atoms in total. The largest absolute Gasteiger partial charge is 0.378 e. The summed E-state index contributed by atoms with van der Waals surface area (Å²) < 4.78 is 5.60. The Hall–Kier alpha value is -1.39. The van der Waals surface area contributed by atoms with Crippen LogP contribution in [0.15, 0.2) is 24.3 Å². The first-order valence-electron chi connectivity index (χ1n) is 7.84. The lowest BCUT2D eigenvalue weighted by molar-refractivity contribution is -0.131. The molecule has 2 fully saturated rings. The summed E-state index contributed by atoms with van der Waals surface area (Å²) in [6.45, 7) is 0.532. The van der Waals surface area contributed by atoms with E-state index in [9.17, 15) is 4.79 Å². The van der Waals surface area contributed by atoms with Gasteiger partial charge in [-0.25, -0.2) is 0 Å². The number of ether oxygens (including phenoxy) is 1.